The van der Waals surface area contributed by atoms with E-state index in [0.29, 0.717) is 6.04 Å². The van der Waals surface area contributed by atoms with Gasteiger partial charge in [0.1, 0.15) is 0 Å². The minimum atomic E-state index is -0.459. The van der Waals surface area contributed by atoms with Crippen molar-refractivity contribution in [2.75, 3.05) is 24.1 Å². The van der Waals surface area contributed by atoms with Crippen molar-refractivity contribution in [2.45, 2.75) is 39.7 Å². The Hall–Kier alpha value is -1.75. The second-order valence-corrected chi connectivity index (χ2v) is 6.60. The second-order valence-electron chi connectivity index (χ2n) is 6.60. The van der Waals surface area contributed by atoms with Gasteiger partial charge in [0.05, 0.1) is 5.41 Å². The van der Waals surface area contributed by atoms with Gasteiger partial charge in [-0.2, -0.15) is 0 Å². The monoisotopic (exact) mass is 291 g/mol. The number of hydrogen-bond acceptors (Lipinski definition) is 5. The van der Waals surface area contributed by atoms with Gasteiger partial charge in [-0.05, 0) is 57.9 Å². The van der Waals surface area contributed by atoms with Crippen LogP contribution in [0.2, 0.25) is 0 Å². The summed E-state index contributed by atoms with van der Waals surface area (Å²) in [6, 6.07) is 8.16. The molecular formula is C16H25N3O2. The number of carbonyl (C=O) groups excluding carboxylic acids is 1. The quantitative estimate of drug-likeness (QED) is 0.838. The lowest BCUT2D eigenvalue weighted by molar-refractivity contribution is -0.204. The molecule has 5 nitrogen and oxygen atoms in total. The van der Waals surface area contributed by atoms with Crippen LogP contribution in [0.5, 0.6) is 0 Å². The fourth-order valence-corrected chi connectivity index (χ4v) is 2.16. The van der Waals surface area contributed by atoms with E-state index in [1.807, 2.05) is 45.0 Å². The third kappa shape index (κ3) is 4.63. The smallest absolute Gasteiger partial charge is 0.330 e. The molecule has 3 N–H and O–H groups in total. The lowest BCUT2D eigenvalue weighted by Gasteiger charge is -2.32. The highest BCUT2D eigenvalue weighted by Crippen LogP contribution is 2.20. The minimum absolute atomic E-state index is 0.174. The number of nitrogens with one attached hydrogen (secondary N) is 1. The van der Waals surface area contributed by atoms with Gasteiger partial charge in [-0.15, -0.1) is 5.06 Å². The summed E-state index contributed by atoms with van der Waals surface area (Å²) >= 11 is 0. The van der Waals surface area contributed by atoms with E-state index in [0.717, 1.165) is 37.3 Å². The molecule has 0 radical (unpaired) electrons. The summed E-state index contributed by atoms with van der Waals surface area (Å²) in [5.74, 6) is -0.174. The Kier molecular flexibility index (Phi) is 4.73. The third-order valence-corrected chi connectivity index (χ3v) is 3.56. The van der Waals surface area contributed by atoms with Gasteiger partial charge in [0.2, 0.25) is 0 Å². The van der Waals surface area contributed by atoms with Crippen molar-refractivity contribution in [3.05, 3.63) is 24.3 Å². The van der Waals surface area contributed by atoms with Crippen LogP contribution in [0.3, 0.4) is 0 Å². The molecule has 0 unspecified atom stereocenters. The van der Waals surface area contributed by atoms with E-state index in [2.05, 4.69) is 5.32 Å². The first-order valence-corrected chi connectivity index (χ1v) is 7.44. The van der Waals surface area contributed by atoms with Crippen LogP contribution in [-0.2, 0) is 9.63 Å². The Balaban J connectivity index is 1.78. The van der Waals surface area contributed by atoms with Crippen LogP contribution in [0.1, 0.15) is 33.6 Å². The van der Waals surface area contributed by atoms with Crippen molar-refractivity contribution in [2.24, 2.45) is 5.41 Å². The molecule has 0 amide bonds. The van der Waals surface area contributed by atoms with Crippen molar-refractivity contribution >= 4 is 17.3 Å². The molecule has 1 aliphatic rings. The maximum Gasteiger partial charge on any atom is 0.330 e. The summed E-state index contributed by atoms with van der Waals surface area (Å²) in [7, 11) is 0. The molecule has 2 rings (SSSR count). The molecule has 0 atom stereocenters. The van der Waals surface area contributed by atoms with Gasteiger partial charge in [-0.1, -0.05) is 0 Å². The summed E-state index contributed by atoms with van der Waals surface area (Å²) in [4.78, 5) is 17.3. The molecule has 0 aliphatic carbocycles. The average Bonchev–Trinajstić information content (AvgIpc) is 2.42. The molecule has 1 aromatic carbocycles. The molecule has 0 saturated carbocycles. The minimum Gasteiger partial charge on any atom is -0.399 e. The largest absolute Gasteiger partial charge is 0.399 e. The third-order valence-electron chi connectivity index (χ3n) is 3.56. The number of piperidine rings is 1. The maximum atomic E-state index is 11.8. The average molecular weight is 291 g/mol. The van der Waals surface area contributed by atoms with Crippen LogP contribution in [-0.4, -0.2) is 30.2 Å². The number of nitrogens with two attached hydrogens (primary N) is 1. The van der Waals surface area contributed by atoms with Crippen LogP contribution in [0.4, 0.5) is 11.4 Å². The number of rotatable bonds is 3. The molecule has 1 aliphatic heterocycles. The van der Waals surface area contributed by atoms with E-state index >= 15 is 0 Å². The number of benzene rings is 1. The highest BCUT2D eigenvalue weighted by atomic mass is 16.7. The van der Waals surface area contributed by atoms with Gasteiger partial charge in [-0.25, -0.2) is 4.79 Å². The lowest BCUT2D eigenvalue weighted by Crippen LogP contribution is -2.42. The normalized spacial score (nSPS) is 17.5. The van der Waals surface area contributed by atoms with Gasteiger partial charge in [0.15, 0.2) is 0 Å². The Bertz CT molecular complexity index is 471. The summed E-state index contributed by atoms with van der Waals surface area (Å²) < 4.78 is 0. The zero-order chi connectivity index (χ0) is 15.5. The number of hydroxylamine groups is 2. The van der Waals surface area contributed by atoms with E-state index < -0.39 is 5.41 Å². The van der Waals surface area contributed by atoms with Crippen molar-refractivity contribution in [1.82, 2.24) is 5.06 Å². The first kappa shape index (κ1) is 15.6. The number of anilines is 2. The van der Waals surface area contributed by atoms with Gasteiger partial charge in [0.25, 0.3) is 0 Å². The van der Waals surface area contributed by atoms with Gasteiger partial charge in [-0.3, -0.25) is 0 Å². The Morgan fingerprint density at radius 1 is 1.24 bits per heavy atom. The van der Waals surface area contributed by atoms with E-state index in [-0.39, 0.29) is 5.97 Å². The summed E-state index contributed by atoms with van der Waals surface area (Å²) in [6.45, 7) is 7.11. The number of hydrogen-bond donors (Lipinski definition) is 2. The Morgan fingerprint density at radius 2 is 1.81 bits per heavy atom. The second kappa shape index (κ2) is 6.35. The summed E-state index contributed by atoms with van der Waals surface area (Å²) in [5.41, 5.74) is 7.06. The van der Waals surface area contributed by atoms with Crippen LogP contribution in [0, 0.1) is 5.41 Å². The van der Waals surface area contributed by atoms with Gasteiger partial charge in [0, 0.05) is 30.5 Å². The summed E-state index contributed by atoms with van der Waals surface area (Å²) in [5, 5.41) is 5.26. The number of nitrogen functional groups attached to an aromatic ring is 1. The SMILES string of the molecule is CC(C)(C)C(=O)ON1CCC(Nc2ccc(N)cc2)CC1. The van der Waals surface area contributed by atoms with Crippen LogP contribution < -0.4 is 11.1 Å². The molecule has 0 bridgehead atoms. The predicted octanol–water partition coefficient (Wildman–Crippen LogP) is 2.65. The predicted molar refractivity (Wildman–Crippen MR) is 84.6 cm³/mol. The van der Waals surface area contributed by atoms with Crippen molar-refractivity contribution in [1.29, 1.82) is 0 Å². The first-order chi connectivity index (χ1) is 9.84. The molecular weight excluding hydrogens is 266 g/mol. The molecule has 21 heavy (non-hydrogen) atoms. The molecule has 1 heterocycles. The van der Waals surface area contributed by atoms with Crippen LogP contribution in [0.25, 0.3) is 0 Å². The van der Waals surface area contributed by atoms with Gasteiger partial charge >= 0.3 is 5.97 Å². The molecule has 1 fully saturated rings. The van der Waals surface area contributed by atoms with E-state index in [1.165, 1.54) is 0 Å². The Labute approximate surface area is 126 Å². The number of carbonyl (C=O) groups is 1. The van der Waals surface area contributed by atoms with E-state index in [4.69, 9.17) is 10.6 Å². The zero-order valence-electron chi connectivity index (χ0n) is 13.1. The zero-order valence-corrected chi connectivity index (χ0v) is 13.1. The van der Waals surface area contributed by atoms with Crippen LogP contribution in [0.15, 0.2) is 24.3 Å². The van der Waals surface area contributed by atoms with E-state index in [1.54, 1.807) is 5.06 Å². The van der Waals surface area contributed by atoms with E-state index in [9.17, 15) is 4.79 Å². The fourth-order valence-electron chi connectivity index (χ4n) is 2.16. The van der Waals surface area contributed by atoms with Crippen molar-refractivity contribution < 1.29 is 9.63 Å². The highest BCUT2D eigenvalue weighted by Gasteiger charge is 2.28. The fraction of sp³-hybridized carbons (Fsp3) is 0.562. The standard InChI is InChI=1S/C16H25N3O2/c1-16(2,3)15(20)21-19-10-8-14(9-11-19)18-13-6-4-12(17)5-7-13/h4-7,14,18H,8-11,17H2,1-3H3. The van der Waals surface area contributed by atoms with Crippen molar-refractivity contribution in [3.8, 4) is 0 Å². The lowest BCUT2D eigenvalue weighted by atomic mass is 9.98. The first-order valence-electron chi connectivity index (χ1n) is 7.44. The maximum absolute atomic E-state index is 11.8. The topological polar surface area (TPSA) is 67.6 Å². The highest BCUT2D eigenvalue weighted by molar-refractivity contribution is 5.75. The summed E-state index contributed by atoms with van der Waals surface area (Å²) in [6.07, 6.45) is 1.89. The molecule has 0 spiro atoms. The van der Waals surface area contributed by atoms with Crippen molar-refractivity contribution in [3.63, 3.8) is 0 Å². The number of nitrogens with zero attached hydrogens (tertiary/aromatic N) is 1. The molecule has 116 valence electrons. The molecule has 5 heteroatoms. The van der Waals surface area contributed by atoms with Crippen LogP contribution >= 0.6 is 0 Å². The molecule has 1 saturated heterocycles. The molecule has 1 aromatic rings. The van der Waals surface area contributed by atoms with Gasteiger partial charge < -0.3 is 15.9 Å². The Morgan fingerprint density at radius 3 is 2.33 bits per heavy atom. The molecule has 0 aromatic heterocycles.